The lowest BCUT2D eigenvalue weighted by Gasteiger charge is -2.30. The SMILES string of the molecule is NC(=O)[C@@H](CCC(F)(F)F)[C@@H](CCC(F)(F)F)C(=O)N[C@H]1CN(c2cccc(C3CC3)c2)c2cccc(Cl)c2CC1=O. The Morgan fingerprint density at radius 1 is 0.976 bits per heavy atom. The molecule has 0 bridgehead atoms. The van der Waals surface area contributed by atoms with Crippen LogP contribution in [0.4, 0.5) is 37.7 Å². The second-order valence-electron chi connectivity index (χ2n) is 10.8. The fourth-order valence-corrected chi connectivity index (χ4v) is 5.60. The van der Waals surface area contributed by atoms with Crippen LogP contribution in [0.1, 0.15) is 55.6 Å². The molecule has 2 amide bonds. The van der Waals surface area contributed by atoms with Crippen LogP contribution in [0.3, 0.4) is 0 Å². The largest absolute Gasteiger partial charge is 0.389 e. The van der Waals surface area contributed by atoms with Crippen LogP contribution in [0.25, 0.3) is 0 Å². The molecule has 1 aliphatic heterocycles. The van der Waals surface area contributed by atoms with Gasteiger partial charge in [-0.1, -0.05) is 29.8 Å². The zero-order valence-electron chi connectivity index (χ0n) is 22.4. The summed E-state index contributed by atoms with van der Waals surface area (Å²) >= 11 is 6.44. The number of benzene rings is 2. The van der Waals surface area contributed by atoms with E-state index in [1.54, 1.807) is 23.1 Å². The van der Waals surface area contributed by atoms with Crippen molar-refractivity contribution in [2.45, 2.75) is 69.3 Å². The summed E-state index contributed by atoms with van der Waals surface area (Å²) in [4.78, 5) is 40.7. The number of halogens is 7. The molecule has 6 nitrogen and oxygen atoms in total. The van der Waals surface area contributed by atoms with Gasteiger partial charge in [0, 0.05) is 53.1 Å². The van der Waals surface area contributed by atoms with Crippen molar-refractivity contribution >= 4 is 40.6 Å². The van der Waals surface area contributed by atoms with Crippen LogP contribution in [-0.2, 0) is 20.8 Å². The maximum atomic E-state index is 13.4. The van der Waals surface area contributed by atoms with Crippen molar-refractivity contribution in [3.8, 4) is 0 Å². The molecular weight excluding hydrogens is 588 g/mol. The number of nitrogens with two attached hydrogens (primary N) is 1. The van der Waals surface area contributed by atoms with Crippen LogP contribution in [0.2, 0.25) is 5.02 Å². The second-order valence-corrected chi connectivity index (χ2v) is 11.3. The van der Waals surface area contributed by atoms with Gasteiger partial charge in [-0.05, 0) is 61.4 Å². The summed E-state index contributed by atoms with van der Waals surface area (Å²) < 4.78 is 78.2. The molecular formula is C29H30ClF6N3O3. The van der Waals surface area contributed by atoms with E-state index in [0.29, 0.717) is 27.9 Å². The number of amides is 2. The number of nitrogens with one attached hydrogen (secondary N) is 1. The average molecular weight is 618 g/mol. The van der Waals surface area contributed by atoms with Crippen molar-refractivity contribution < 1.29 is 40.7 Å². The Morgan fingerprint density at radius 2 is 1.60 bits per heavy atom. The summed E-state index contributed by atoms with van der Waals surface area (Å²) in [7, 11) is 0. The van der Waals surface area contributed by atoms with Gasteiger partial charge in [0.25, 0.3) is 0 Å². The summed E-state index contributed by atoms with van der Waals surface area (Å²) in [5.41, 5.74) is 8.18. The highest BCUT2D eigenvalue weighted by Crippen LogP contribution is 2.43. The molecule has 0 aromatic heterocycles. The van der Waals surface area contributed by atoms with Crippen LogP contribution < -0.4 is 16.0 Å². The number of primary amides is 1. The number of fused-ring (bicyclic) bond motifs is 1. The average Bonchev–Trinajstić information content (AvgIpc) is 3.74. The van der Waals surface area contributed by atoms with Gasteiger partial charge in [0.15, 0.2) is 5.78 Å². The molecule has 0 unspecified atom stereocenters. The lowest BCUT2D eigenvalue weighted by atomic mass is 9.83. The van der Waals surface area contributed by atoms with E-state index in [0.717, 1.165) is 18.4 Å². The number of hydrogen-bond acceptors (Lipinski definition) is 4. The third kappa shape index (κ3) is 8.17. The predicted molar refractivity (Wildman–Crippen MR) is 144 cm³/mol. The Balaban J connectivity index is 1.65. The molecule has 2 aromatic carbocycles. The molecule has 13 heteroatoms. The molecule has 1 fully saturated rings. The lowest BCUT2D eigenvalue weighted by Crippen LogP contribution is -2.51. The van der Waals surface area contributed by atoms with Crippen LogP contribution in [-0.4, -0.2) is 42.5 Å². The summed E-state index contributed by atoms with van der Waals surface area (Å²) in [6.45, 7) is -0.123. The third-order valence-corrected chi connectivity index (χ3v) is 8.06. The maximum Gasteiger partial charge on any atom is 0.389 e. The Kier molecular flexibility index (Phi) is 9.44. The Labute approximate surface area is 243 Å². The molecule has 1 heterocycles. The minimum atomic E-state index is -4.75. The number of alkyl halides is 6. The molecule has 0 spiro atoms. The molecule has 228 valence electrons. The van der Waals surface area contributed by atoms with Gasteiger partial charge < -0.3 is 16.0 Å². The van der Waals surface area contributed by atoms with E-state index in [-0.39, 0.29) is 13.0 Å². The fraction of sp³-hybridized carbons (Fsp3) is 0.483. The highest BCUT2D eigenvalue weighted by Gasteiger charge is 2.41. The van der Waals surface area contributed by atoms with Crippen molar-refractivity contribution in [2.75, 3.05) is 11.4 Å². The Morgan fingerprint density at radius 3 is 2.19 bits per heavy atom. The molecule has 0 saturated heterocycles. The van der Waals surface area contributed by atoms with Gasteiger partial charge in [0.1, 0.15) is 6.04 Å². The van der Waals surface area contributed by atoms with E-state index in [1.807, 2.05) is 24.3 Å². The van der Waals surface area contributed by atoms with Crippen LogP contribution in [0.15, 0.2) is 42.5 Å². The number of Topliss-reactive ketones (excluding diaryl/α,β-unsaturated/α-hetero) is 1. The molecule has 0 radical (unpaired) electrons. The van der Waals surface area contributed by atoms with E-state index in [2.05, 4.69) is 5.32 Å². The number of ketones is 1. The third-order valence-electron chi connectivity index (χ3n) is 7.70. The van der Waals surface area contributed by atoms with E-state index in [4.69, 9.17) is 17.3 Å². The molecule has 2 aliphatic rings. The van der Waals surface area contributed by atoms with Gasteiger partial charge in [0.05, 0.1) is 6.54 Å². The first-order valence-electron chi connectivity index (χ1n) is 13.5. The molecule has 1 saturated carbocycles. The summed E-state index contributed by atoms with van der Waals surface area (Å²) in [5, 5.41) is 2.76. The number of carbonyl (C=O) groups excluding carboxylic acids is 3. The summed E-state index contributed by atoms with van der Waals surface area (Å²) in [5.74, 6) is -6.23. The first kappa shape index (κ1) is 31.7. The van der Waals surface area contributed by atoms with E-state index >= 15 is 0 Å². The minimum absolute atomic E-state index is 0.123. The monoisotopic (exact) mass is 617 g/mol. The summed E-state index contributed by atoms with van der Waals surface area (Å²) in [6, 6.07) is 11.4. The predicted octanol–water partition coefficient (Wildman–Crippen LogP) is 6.37. The van der Waals surface area contributed by atoms with Crippen molar-refractivity contribution in [3.05, 3.63) is 58.6 Å². The topological polar surface area (TPSA) is 92.5 Å². The highest BCUT2D eigenvalue weighted by molar-refractivity contribution is 6.32. The van der Waals surface area contributed by atoms with Crippen molar-refractivity contribution in [1.82, 2.24) is 5.32 Å². The number of rotatable bonds is 10. The zero-order valence-corrected chi connectivity index (χ0v) is 23.2. The minimum Gasteiger partial charge on any atom is -0.369 e. The quantitative estimate of drug-likeness (QED) is 0.303. The van der Waals surface area contributed by atoms with Crippen LogP contribution in [0, 0.1) is 11.8 Å². The Bertz CT molecular complexity index is 1330. The van der Waals surface area contributed by atoms with Gasteiger partial charge >= 0.3 is 12.4 Å². The lowest BCUT2D eigenvalue weighted by molar-refractivity contribution is -0.152. The van der Waals surface area contributed by atoms with Crippen molar-refractivity contribution in [3.63, 3.8) is 0 Å². The molecule has 2 aromatic rings. The Hall–Kier alpha value is -3.28. The van der Waals surface area contributed by atoms with E-state index in [1.165, 1.54) is 0 Å². The number of nitrogens with zero attached hydrogens (tertiary/aromatic N) is 1. The highest BCUT2D eigenvalue weighted by atomic mass is 35.5. The fourth-order valence-electron chi connectivity index (χ4n) is 5.36. The first-order valence-corrected chi connectivity index (χ1v) is 13.9. The van der Waals surface area contributed by atoms with E-state index in [9.17, 15) is 40.7 Å². The number of carbonyl (C=O) groups is 3. The molecule has 3 atom stereocenters. The van der Waals surface area contributed by atoms with Crippen LogP contribution in [0.5, 0.6) is 0 Å². The molecule has 42 heavy (non-hydrogen) atoms. The number of hydrogen-bond donors (Lipinski definition) is 2. The molecule has 3 N–H and O–H groups in total. The molecule has 4 rings (SSSR count). The standard InChI is InChI=1S/C29H30ClF6N3O3/c30-22-5-2-6-24-21(22)14-25(40)23(15-39(24)18-4-1-3-17(13-18)16-7-8-16)38-27(42)20(10-12-29(34,35)36)19(26(37)41)9-11-28(31,32)33/h1-6,13,16,19-20,23H,7-12,14-15H2,(H2,37,41)(H,38,42)/t19-,20+,23-/m0/s1. The smallest absolute Gasteiger partial charge is 0.369 e. The van der Waals surface area contributed by atoms with Gasteiger partial charge in [-0.3, -0.25) is 14.4 Å². The normalized spacial score (nSPS) is 19.1. The van der Waals surface area contributed by atoms with Gasteiger partial charge in [-0.25, -0.2) is 0 Å². The van der Waals surface area contributed by atoms with Crippen molar-refractivity contribution in [2.24, 2.45) is 17.6 Å². The van der Waals surface area contributed by atoms with Gasteiger partial charge in [-0.2, -0.15) is 26.3 Å². The molecule has 1 aliphatic carbocycles. The van der Waals surface area contributed by atoms with Gasteiger partial charge in [-0.15, -0.1) is 0 Å². The number of anilines is 2. The zero-order chi connectivity index (χ0) is 30.8. The van der Waals surface area contributed by atoms with E-state index < -0.39 is 73.5 Å². The van der Waals surface area contributed by atoms with Gasteiger partial charge in [0.2, 0.25) is 11.8 Å². The van der Waals surface area contributed by atoms with Crippen molar-refractivity contribution in [1.29, 1.82) is 0 Å². The first-order chi connectivity index (χ1) is 19.6. The second kappa shape index (κ2) is 12.5. The summed E-state index contributed by atoms with van der Waals surface area (Å²) in [6.07, 6.45) is -12.6. The maximum absolute atomic E-state index is 13.4. The van der Waals surface area contributed by atoms with Crippen LogP contribution >= 0.6 is 11.6 Å².